The summed E-state index contributed by atoms with van der Waals surface area (Å²) >= 11 is 7.54. The first-order valence-corrected chi connectivity index (χ1v) is 6.04. The molecule has 0 amide bonds. The van der Waals surface area contributed by atoms with Gasteiger partial charge in [-0.3, -0.25) is 4.90 Å². The molecule has 2 N–H and O–H groups in total. The van der Waals surface area contributed by atoms with Crippen LogP contribution >= 0.6 is 22.9 Å². The Bertz CT molecular complexity index is 307. The van der Waals surface area contributed by atoms with Crippen molar-refractivity contribution in [1.82, 2.24) is 4.90 Å². The molecular weight excluding hydrogens is 216 g/mol. The summed E-state index contributed by atoms with van der Waals surface area (Å²) in [6.07, 6.45) is 2.27. The van der Waals surface area contributed by atoms with Gasteiger partial charge in [0.25, 0.3) is 0 Å². The van der Waals surface area contributed by atoms with Crippen LogP contribution in [0.25, 0.3) is 0 Å². The molecule has 14 heavy (non-hydrogen) atoms. The van der Waals surface area contributed by atoms with Gasteiger partial charge in [0.05, 0.1) is 4.34 Å². The van der Waals surface area contributed by atoms with Crippen LogP contribution in [0.2, 0.25) is 4.34 Å². The highest BCUT2D eigenvalue weighted by Crippen LogP contribution is 2.27. The highest BCUT2D eigenvalue weighted by Gasteiger charge is 2.29. The standard InChI is InChI=1S/C10H15ClN2S/c1-13(8-4-7(12)5-8)6-9-2-3-10(11)14-9/h2-3,7-8H,4-6,12H2,1H3. The summed E-state index contributed by atoms with van der Waals surface area (Å²) in [4.78, 5) is 3.70. The average Bonchev–Trinajstić information content (AvgIpc) is 2.45. The summed E-state index contributed by atoms with van der Waals surface area (Å²) < 4.78 is 0.874. The van der Waals surface area contributed by atoms with Crippen molar-refractivity contribution in [3.8, 4) is 0 Å². The van der Waals surface area contributed by atoms with Crippen LogP contribution in [-0.2, 0) is 6.54 Å². The minimum Gasteiger partial charge on any atom is -0.328 e. The lowest BCUT2D eigenvalue weighted by molar-refractivity contribution is 0.133. The fraction of sp³-hybridized carbons (Fsp3) is 0.600. The van der Waals surface area contributed by atoms with E-state index in [1.54, 1.807) is 11.3 Å². The predicted molar refractivity (Wildman–Crippen MR) is 61.8 cm³/mol. The highest BCUT2D eigenvalue weighted by atomic mass is 35.5. The number of rotatable bonds is 3. The average molecular weight is 231 g/mol. The first kappa shape index (κ1) is 10.4. The van der Waals surface area contributed by atoms with Crippen molar-refractivity contribution in [3.63, 3.8) is 0 Å². The molecule has 0 bridgehead atoms. The number of halogens is 1. The Hall–Kier alpha value is -0.0900. The van der Waals surface area contributed by atoms with E-state index in [4.69, 9.17) is 17.3 Å². The van der Waals surface area contributed by atoms with Crippen LogP contribution in [-0.4, -0.2) is 24.0 Å². The van der Waals surface area contributed by atoms with Gasteiger partial charge in [-0.2, -0.15) is 0 Å². The molecule has 0 spiro atoms. The zero-order valence-electron chi connectivity index (χ0n) is 8.24. The zero-order valence-corrected chi connectivity index (χ0v) is 9.81. The van der Waals surface area contributed by atoms with Gasteiger partial charge in [-0.25, -0.2) is 0 Å². The van der Waals surface area contributed by atoms with Crippen molar-refractivity contribution in [2.24, 2.45) is 5.73 Å². The van der Waals surface area contributed by atoms with E-state index in [1.165, 1.54) is 4.88 Å². The maximum Gasteiger partial charge on any atom is 0.0931 e. The van der Waals surface area contributed by atoms with E-state index in [0.29, 0.717) is 12.1 Å². The first-order valence-electron chi connectivity index (χ1n) is 4.85. The predicted octanol–water partition coefficient (Wildman–Crippen LogP) is 2.32. The van der Waals surface area contributed by atoms with Crippen LogP contribution < -0.4 is 5.73 Å². The van der Waals surface area contributed by atoms with Crippen LogP contribution in [0.3, 0.4) is 0 Å². The fourth-order valence-electron chi connectivity index (χ4n) is 1.80. The van der Waals surface area contributed by atoms with Crippen molar-refractivity contribution in [2.45, 2.75) is 31.5 Å². The Morgan fingerprint density at radius 2 is 2.29 bits per heavy atom. The van der Waals surface area contributed by atoms with E-state index < -0.39 is 0 Å². The Morgan fingerprint density at radius 3 is 2.79 bits per heavy atom. The Labute approximate surface area is 93.7 Å². The normalized spacial score (nSPS) is 26.6. The van der Waals surface area contributed by atoms with Gasteiger partial charge in [0, 0.05) is 23.5 Å². The summed E-state index contributed by atoms with van der Waals surface area (Å²) in [6.45, 7) is 0.995. The summed E-state index contributed by atoms with van der Waals surface area (Å²) in [6, 6.07) is 5.16. The lowest BCUT2D eigenvalue weighted by Gasteiger charge is -2.39. The van der Waals surface area contributed by atoms with Crippen LogP contribution in [0.5, 0.6) is 0 Å². The molecule has 78 valence electrons. The summed E-state index contributed by atoms with van der Waals surface area (Å²) in [5.74, 6) is 0. The Balaban J connectivity index is 1.85. The first-order chi connectivity index (χ1) is 6.65. The molecule has 1 aliphatic rings. The number of thiophene rings is 1. The SMILES string of the molecule is CN(Cc1ccc(Cl)s1)C1CC(N)C1. The zero-order chi connectivity index (χ0) is 10.1. The molecule has 1 saturated carbocycles. The van der Waals surface area contributed by atoms with E-state index in [0.717, 1.165) is 23.7 Å². The third-order valence-electron chi connectivity index (χ3n) is 2.81. The lowest BCUT2D eigenvalue weighted by atomic mass is 9.86. The van der Waals surface area contributed by atoms with Crippen LogP contribution in [0.15, 0.2) is 12.1 Å². The molecule has 1 fully saturated rings. The molecule has 2 nitrogen and oxygen atoms in total. The van der Waals surface area contributed by atoms with Crippen LogP contribution in [0.4, 0.5) is 0 Å². The molecule has 1 aromatic rings. The van der Waals surface area contributed by atoms with Crippen LogP contribution in [0.1, 0.15) is 17.7 Å². The lowest BCUT2D eigenvalue weighted by Crippen LogP contribution is -2.48. The number of hydrogen-bond acceptors (Lipinski definition) is 3. The Morgan fingerprint density at radius 1 is 1.57 bits per heavy atom. The maximum absolute atomic E-state index is 5.87. The molecule has 0 aliphatic heterocycles. The summed E-state index contributed by atoms with van der Waals surface area (Å²) in [5, 5.41) is 0. The van der Waals surface area contributed by atoms with Gasteiger partial charge in [-0.1, -0.05) is 11.6 Å². The molecular formula is C10H15ClN2S. The van der Waals surface area contributed by atoms with Gasteiger partial charge in [0.1, 0.15) is 0 Å². The van der Waals surface area contributed by atoms with E-state index >= 15 is 0 Å². The van der Waals surface area contributed by atoms with Gasteiger partial charge in [0.2, 0.25) is 0 Å². The number of hydrogen-bond donors (Lipinski definition) is 1. The van der Waals surface area contributed by atoms with Crippen molar-refractivity contribution >= 4 is 22.9 Å². The number of nitrogens with two attached hydrogens (primary N) is 1. The third kappa shape index (κ3) is 2.28. The van der Waals surface area contributed by atoms with E-state index in [1.807, 2.05) is 6.07 Å². The van der Waals surface area contributed by atoms with E-state index in [9.17, 15) is 0 Å². The highest BCUT2D eigenvalue weighted by molar-refractivity contribution is 7.16. The van der Waals surface area contributed by atoms with Crippen molar-refractivity contribution in [1.29, 1.82) is 0 Å². The monoisotopic (exact) mass is 230 g/mol. The summed E-state index contributed by atoms with van der Waals surface area (Å²) in [7, 11) is 2.16. The second-order valence-corrected chi connectivity index (χ2v) is 5.81. The molecule has 2 rings (SSSR count). The van der Waals surface area contributed by atoms with Gasteiger partial charge in [-0.05, 0) is 32.0 Å². The molecule has 4 heteroatoms. The molecule has 0 radical (unpaired) electrons. The molecule has 0 aromatic carbocycles. The van der Waals surface area contributed by atoms with Crippen molar-refractivity contribution < 1.29 is 0 Å². The van der Waals surface area contributed by atoms with Crippen LogP contribution in [0, 0.1) is 0 Å². The second-order valence-electron chi connectivity index (χ2n) is 4.01. The fourth-order valence-corrected chi connectivity index (χ4v) is 2.95. The molecule has 1 heterocycles. The largest absolute Gasteiger partial charge is 0.328 e. The van der Waals surface area contributed by atoms with E-state index in [-0.39, 0.29) is 0 Å². The van der Waals surface area contributed by atoms with Crippen molar-refractivity contribution in [3.05, 3.63) is 21.3 Å². The smallest absolute Gasteiger partial charge is 0.0931 e. The number of nitrogens with zero attached hydrogens (tertiary/aromatic N) is 1. The minimum absolute atomic E-state index is 0.425. The van der Waals surface area contributed by atoms with Gasteiger partial charge in [0.15, 0.2) is 0 Å². The van der Waals surface area contributed by atoms with Crippen molar-refractivity contribution in [2.75, 3.05) is 7.05 Å². The topological polar surface area (TPSA) is 29.3 Å². The van der Waals surface area contributed by atoms with E-state index in [2.05, 4.69) is 18.0 Å². The second kappa shape index (κ2) is 4.19. The quantitative estimate of drug-likeness (QED) is 0.864. The van der Waals surface area contributed by atoms with Gasteiger partial charge in [-0.15, -0.1) is 11.3 Å². The Kier molecular flexibility index (Phi) is 3.12. The molecule has 1 aromatic heterocycles. The summed E-state index contributed by atoms with van der Waals surface area (Å²) in [5.41, 5.74) is 5.76. The third-order valence-corrected chi connectivity index (χ3v) is 4.02. The molecule has 0 unspecified atom stereocenters. The maximum atomic E-state index is 5.87. The van der Waals surface area contributed by atoms with Gasteiger partial charge < -0.3 is 5.73 Å². The molecule has 0 atom stereocenters. The van der Waals surface area contributed by atoms with Gasteiger partial charge >= 0.3 is 0 Å². The molecule has 1 aliphatic carbocycles. The minimum atomic E-state index is 0.425. The molecule has 0 saturated heterocycles.